The molecule has 2 aromatic rings. The fraction of sp³-hybridized carbons (Fsp3) is 0.125. The zero-order valence-corrected chi connectivity index (χ0v) is 7.90. The highest BCUT2D eigenvalue weighted by molar-refractivity contribution is 6.98. The number of hydrogen-bond acceptors (Lipinski definition) is 3. The topological polar surface area (TPSA) is 43.8 Å². The highest BCUT2D eigenvalue weighted by atomic mass is 32.1. The fourth-order valence-corrected chi connectivity index (χ4v) is 1.37. The van der Waals surface area contributed by atoms with E-state index in [9.17, 15) is 0 Å². The number of rotatable bonds is 2. The van der Waals surface area contributed by atoms with E-state index in [-0.39, 0.29) is 0 Å². The lowest BCUT2D eigenvalue weighted by molar-refractivity contribution is -0.709. The maximum atomic E-state index is 4.30. The van der Waals surface area contributed by atoms with Gasteiger partial charge in [-0.1, -0.05) is 22.7 Å². The van der Waals surface area contributed by atoms with Crippen molar-refractivity contribution in [3.05, 3.63) is 35.6 Å². The van der Waals surface area contributed by atoms with E-state index in [1.54, 1.807) is 4.68 Å². The molecule has 0 amide bonds. The average molecular weight is 192 g/mol. The van der Waals surface area contributed by atoms with Crippen LogP contribution in [0.25, 0.3) is 5.32 Å². The number of para-hydroxylation sites is 1. The van der Waals surface area contributed by atoms with Crippen LogP contribution in [-0.4, -0.2) is 8.86 Å². The molecule has 0 aliphatic heterocycles. The van der Waals surface area contributed by atoms with Crippen molar-refractivity contribution in [2.45, 2.75) is 0 Å². The molecule has 66 valence electrons. The van der Waals surface area contributed by atoms with Gasteiger partial charge in [0.2, 0.25) is 0 Å². The largest absolute Gasteiger partial charge is 0.259 e. The minimum absolute atomic E-state index is 0.635. The fourth-order valence-electron chi connectivity index (χ4n) is 0.916. The summed E-state index contributed by atoms with van der Waals surface area (Å²) < 4.78 is 9.65. The summed E-state index contributed by atoms with van der Waals surface area (Å²) in [4.78, 5) is 0. The van der Waals surface area contributed by atoms with Crippen molar-refractivity contribution >= 4 is 23.4 Å². The molecule has 0 saturated carbocycles. The van der Waals surface area contributed by atoms with Crippen molar-refractivity contribution in [3.8, 4) is 0 Å². The van der Waals surface area contributed by atoms with Gasteiger partial charge in [0.05, 0.1) is 17.4 Å². The maximum absolute atomic E-state index is 4.30. The normalized spacial score (nSPS) is 9.92. The monoisotopic (exact) mass is 192 g/mol. The third-order valence-corrected chi connectivity index (χ3v) is 2.12. The zero-order valence-electron chi connectivity index (χ0n) is 7.08. The van der Waals surface area contributed by atoms with Gasteiger partial charge in [-0.2, -0.15) is 0 Å². The van der Waals surface area contributed by atoms with Crippen molar-refractivity contribution in [3.63, 3.8) is 0 Å². The Balaban J connectivity index is 2.20. The number of nitrogens with zero attached hydrogens (tertiary/aromatic N) is 4. The molecule has 0 aliphatic carbocycles. The van der Waals surface area contributed by atoms with Gasteiger partial charge in [-0.25, -0.2) is 10.00 Å². The Bertz CT molecular complexity index is 384. The van der Waals surface area contributed by atoms with Crippen molar-refractivity contribution in [2.75, 3.05) is 0 Å². The van der Waals surface area contributed by atoms with Crippen molar-refractivity contribution in [1.82, 2.24) is 8.86 Å². The first-order valence-corrected chi connectivity index (χ1v) is 4.55. The molecule has 0 radical (unpaired) electrons. The van der Waals surface area contributed by atoms with Crippen LogP contribution in [-0.2, 0) is 7.05 Å². The number of aromatic nitrogens is 3. The second-order valence-electron chi connectivity index (χ2n) is 2.53. The Hall–Kier alpha value is -1.49. The highest BCUT2D eigenvalue weighted by Crippen LogP contribution is 2.24. The molecule has 0 saturated heterocycles. The van der Waals surface area contributed by atoms with Gasteiger partial charge in [0.1, 0.15) is 0 Å². The van der Waals surface area contributed by atoms with Crippen LogP contribution < -0.4 is 4.68 Å². The van der Waals surface area contributed by atoms with Crippen LogP contribution in [0.4, 0.5) is 11.6 Å². The van der Waals surface area contributed by atoms with Gasteiger partial charge in [-0.3, -0.25) is 0 Å². The Morgan fingerprint density at radius 1 is 1.31 bits per heavy atom. The standard InChI is InChI=1S/C8H8N4S/c1-12-8(10-13-11-12)9-7-5-3-2-4-6-7/h2-6H,1H3. The molecule has 0 spiro atoms. The van der Waals surface area contributed by atoms with E-state index in [1.165, 1.54) is 0 Å². The van der Waals surface area contributed by atoms with Crippen LogP contribution in [0.3, 0.4) is 0 Å². The summed E-state index contributed by atoms with van der Waals surface area (Å²) in [6, 6.07) is 9.70. The van der Waals surface area contributed by atoms with Crippen LogP contribution in [0.2, 0.25) is 0 Å². The molecule has 0 atom stereocenters. The molecular weight excluding hydrogens is 184 g/mol. The highest BCUT2D eigenvalue weighted by Gasteiger charge is 2.02. The molecule has 1 heterocycles. The summed E-state index contributed by atoms with van der Waals surface area (Å²) in [7, 11) is 1.82. The van der Waals surface area contributed by atoms with Gasteiger partial charge in [0.15, 0.2) is 0 Å². The SMILES string of the molecule is C[n+]1nsnc1[N-]c1ccccc1. The minimum Gasteiger partial charge on any atom is -0.222 e. The molecule has 0 N–H and O–H groups in total. The molecule has 1 aromatic heterocycles. The zero-order chi connectivity index (χ0) is 9.10. The summed E-state index contributed by atoms with van der Waals surface area (Å²) in [5, 5.41) is 4.30. The summed E-state index contributed by atoms with van der Waals surface area (Å²) in [6.07, 6.45) is 0. The third-order valence-electron chi connectivity index (χ3n) is 1.56. The van der Waals surface area contributed by atoms with Gasteiger partial charge in [-0.05, 0) is 12.1 Å². The smallest absolute Gasteiger partial charge is 0.222 e. The lowest BCUT2D eigenvalue weighted by Gasteiger charge is -1.98. The Labute approximate surface area is 80.2 Å². The molecule has 13 heavy (non-hydrogen) atoms. The van der Waals surface area contributed by atoms with E-state index in [0.29, 0.717) is 5.95 Å². The number of hydrogen-bond donors (Lipinski definition) is 0. The molecule has 5 heteroatoms. The Morgan fingerprint density at radius 3 is 2.69 bits per heavy atom. The van der Waals surface area contributed by atoms with Crippen LogP contribution in [0.5, 0.6) is 0 Å². The van der Waals surface area contributed by atoms with E-state index in [1.807, 2.05) is 37.4 Å². The predicted octanol–water partition coefficient (Wildman–Crippen LogP) is 1.70. The van der Waals surface area contributed by atoms with E-state index in [2.05, 4.69) is 14.2 Å². The van der Waals surface area contributed by atoms with Crippen molar-refractivity contribution < 1.29 is 4.68 Å². The van der Waals surface area contributed by atoms with Gasteiger partial charge < -0.3 is 0 Å². The van der Waals surface area contributed by atoms with E-state index < -0.39 is 0 Å². The molecule has 0 fully saturated rings. The Morgan fingerprint density at radius 2 is 2.08 bits per heavy atom. The van der Waals surface area contributed by atoms with Crippen molar-refractivity contribution in [1.29, 1.82) is 0 Å². The molecule has 0 bridgehead atoms. The predicted molar refractivity (Wildman–Crippen MR) is 50.2 cm³/mol. The molecule has 2 rings (SSSR count). The van der Waals surface area contributed by atoms with E-state index in [0.717, 1.165) is 17.4 Å². The lowest BCUT2D eigenvalue weighted by atomic mass is 10.3. The minimum atomic E-state index is 0.635. The average Bonchev–Trinajstić information content (AvgIpc) is 2.54. The van der Waals surface area contributed by atoms with Crippen molar-refractivity contribution in [2.24, 2.45) is 7.05 Å². The number of aryl methyl sites for hydroxylation is 1. The summed E-state index contributed by atoms with van der Waals surface area (Å²) in [5.41, 5.74) is 0.894. The second-order valence-corrected chi connectivity index (χ2v) is 3.03. The lowest BCUT2D eigenvalue weighted by Crippen LogP contribution is -2.29. The first kappa shape index (κ1) is 8.12. The third kappa shape index (κ3) is 1.81. The van der Waals surface area contributed by atoms with Crippen LogP contribution in [0.15, 0.2) is 30.3 Å². The Kier molecular flexibility index (Phi) is 2.18. The summed E-state index contributed by atoms with van der Waals surface area (Å²) in [5.74, 6) is 0.635. The summed E-state index contributed by atoms with van der Waals surface area (Å²) >= 11 is 1.15. The molecule has 0 aliphatic rings. The molecule has 4 nitrogen and oxygen atoms in total. The quantitative estimate of drug-likeness (QED) is 0.680. The number of benzene rings is 1. The first-order valence-electron chi connectivity index (χ1n) is 3.82. The van der Waals surface area contributed by atoms with Crippen LogP contribution >= 0.6 is 11.7 Å². The van der Waals surface area contributed by atoms with Gasteiger partial charge in [0, 0.05) is 7.05 Å². The molecule has 0 unspecified atom stereocenters. The van der Waals surface area contributed by atoms with Gasteiger partial charge in [-0.15, -0.1) is 4.37 Å². The maximum Gasteiger partial charge on any atom is 0.259 e. The second kappa shape index (κ2) is 3.49. The van der Waals surface area contributed by atoms with Gasteiger partial charge in [0.25, 0.3) is 5.95 Å². The van der Waals surface area contributed by atoms with Gasteiger partial charge >= 0.3 is 0 Å². The van der Waals surface area contributed by atoms with E-state index in [4.69, 9.17) is 0 Å². The summed E-state index contributed by atoms with van der Waals surface area (Å²) in [6.45, 7) is 0. The van der Waals surface area contributed by atoms with Crippen LogP contribution in [0, 0.1) is 0 Å². The molecular formula is C8H8N4S. The van der Waals surface area contributed by atoms with E-state index >= 15 is 0 Å². The first-order chi connectivity index (χ1) is 6.36. The van der Waals surface area contributed by atoms with Crippen LogP contribution in [0.1, 0.15) is 0 Å². The molecule has 1 aromatic carbocycles.